The van der Waals surface area contributed by atoms with Gasteiger partial charge in [-0.25, -0.2) is 4.98 Å². The van der Waals surface area contributed by atoms with Gasteiger partial charge in [0.1, 0.15) is 5.82 Å². The van der Waals surface area contributed by atoms with Gasteiger partial charge in [0, 0.05) is 13.0 Å². The van der Waals surface area contributed by atoms with Crippen molar-refractivity contribution in [3.05, 3.63) is 29.6 Å². The zero-order chi connectivity index (χ0) is 11.4. The molecule has 0 aliphatic rings. The van der Waals surface area contributed by atoms with E-state index in [2.05, 4.69) is 47.3 Å². The topological polar surface area (TPSA) is 40.7 Å². The van der Waals surface area contributed by atoms with E-state index >= 15 is 0 Å². The van der Waals surface area contributed by atoms with Crippen LogP contribution in [0.1, 0.15) is 25.2 Å². The van der Waals surface area contributed by atoms with Gasteiger partial charge < -0.3 is 10.3 Å². The number of aromatic amines is 1. The van der Waals surface area contributed by atoms with E-state index in [-0.39, 0.29) is 0 Å². The Morgan fingerprint density at radius 3 is 2.94 bits per heavy atom. The van der Waals surface area contributed by atoms with Crippen LogP contribution in [0.2, 0.25) is 0 Å². The highest BCUT2D eigenvalue weighted by atomic mass is 14.9. The second-order valence-corrected chi connectivity index (χ2v) is 3.99. The van der Waals surface area contributed by atoms with Crippen molar-refractivity contribution in [3.8, 4) is 0 Å². The van der Waals surface area contributed by atoms with Crippen LogP contribution < -0.4 is 5.32 Å². The molecule has 0 atom stereocenters. The van der Waals surface area contributed by atoms with E-state index in [9.17, 15) is 0 Å². The number of hydrogen-bond donors (Lipinski definition) is 2. The van der Waals surface area contributed by atoms with E-state index in [0.29, 0.717) is 0 Å². The van der Waals surface area contributed by atoms with E-state index in [1.165, 1.54) is 5.56 Å². The monoisotopic (exact) mass is 217 g/mol. The average molecular weight is 217 g/mol. The standard InChI is InChI=1S/C13H19N3/c1-3-10-5-6-11-12(9-10)16-13(15-11)7-8-14-4-2/h5-6,9,14H,3-4,7-8H2,1-2H3,(H,15,16). The Kier molecular flexibility index (Phi) is 3.57. The normalized spacial score (nSPS) is 11.1. The van der Waals surface area contributed by atoms with Crippen LogP contribution in [0.5, 0.6) is 0 Å². The van der Waals surface area contributed by atoms with Gasteiger partial charge >= 0.3 is 0 Å². The van der Waals surface area contributed by atoms with Gasteiger partial charge in [0.05, 0.1) is 11.0 Å². The van der Waals surface area contributed by atoms with E-state index < -0.39 is 0 Å². The molecular weight excluding hydrogens is 198 g/mol. The number of imidazole rings is 1. The largest absolute Gasteiger partial charge is 0.342 e. The van der Waals surface area contributed by atoms with E-state index in [4.69, 9.17) is 0 Å². The Hall–Kier alpha value is -1.35. The average Bonchev–Trinajstić information content (AvgIpc) is 2.70. The van der Waals surface area contributed by atoms with Crippen molar-refractivity contribution in [3.63, 3.8) is 0 Å². The Balaban J connectivity index is 2.16. The molecule has 3 nitrogen and oxygen atoms in total. The Labute approximate surface area is 96.3 Å². The van der Waals surface area contributed by atoms with Crippen molar-refractivity contribution >= 4 is 11.0 Å². The molecule has 1 aromatic heterocycles. The van der Waals surface area contributed by atoms with Crippen molar-refractivity contribution in [1.29, 1.82) is 0 Å². The summed E-state index contributed by atoms with van der Waals surface area (Å²) >= 11 is 0. The van der Waals surface area contributed by atoms with E-state index in [1.807, 2.05) is 0 Å². The third-order valence-corrected chi connectivity index (χ3v) is 2.79. The molecule has 0 fully saturated rings. The first-order valence-electron chi connectivity index (χ1n) is 6.01. The lowest BCUT2D eigenvalue weighted by molar-refractivity contribution is 0.702. The number of hydrogen-bond acceptors (Lipinski definition) is 2. The summed E-state index contributed by atoms with van der Waals surface area (Å²) in [6, 6.07) is 6.44. The van der Waals surface area contributed by atoms with Gasteiger partial charge in [0.25, 0.3) is 0 Å². The maximum absolute atomic E-state index is 4.56. The lowest BCUT2D eigenvalue weighted by atomic mass is 10.1. The molecule has 2 rings (SSSR count). The molecule has 0 spiro atoms. The maximum atomic E-state index is 4.56. The number of nitrogens with zero attached hydrogens (tertiary/aromatic N) is 1. The number of likely N-dealkylation sites (N-methyl/N-ethyl adjacent to an activating group) is 1. The van der Waals surface area contributed by atoms with Gasteiger partial charge in [-0.05, 0) is 30.7 Å². The molecule has 16 heavy (non-hydrogen) atoms. The first-order valence-corrected chi connectivity index (χ1v) is 6.01. The van der Waals surface area contributed by atoms with Gasteiger partial charge in [-0.1, -0.05) is 19.9 Å². The Morgan fingerprint density at radius 2 is 2.19 bits per heavy atom. The summed E-state index contributed by atoms with van der Waals surface area (Å²) in [5.74, 6) is 1.07. The number of nitrogens with one attached hydrogen (secondary N) is 2. The van der Waals surface area contributed by atoms with Crippen LogP contribution >= 0.6 is 0 Å². The van der Waals surface area contributed by atoms with Crippen molar-refractivity contribution < 1.29 is 0 Å². The minimum atomic E-state index is 0.962. The molecular formula is C13H19N3. The lowest BCUT2D eigenvalue weighted by Gasteiger charge is -1.97. The van der Waals surface area contributed by atoms with Crippen LogP contribution in [-0.2, 0) is 12.8 Å². The maximum Gasteiger partial charge on any atom is 0.108 e. The molecule has 0 unspecified atom stereocenters. The van der Waals surface area contributed by atoms with Gasteiger partial charge in [-0.2, -0.15) is 0 Å². The fourth-order valence-electron chi connectivity index (χ4n) is 1.83. The van der Waals surface area contributed by atoms with Crippen LogP contribution in [-0.4, -0.2) is 23.1 Å². The molecule has 2 aromatic rings. The SMILES string of the molecule is CCNCCc1nc2ccc(CC)cc2[nH]1. The van der Waals surface area contributed by atoms with Crippen molar-refractivity contribution in [2.45, 2.75) is 26.7 Å². The van der Waals surface area contributed by atoms with Crippen LogP contribution in [0.15, 0.2) is 18.2 Å². The van der Waals surface area contributed by atoms with Crippen molar-refractivity contribution in [2.24, 2.45) is 0 Å². The smallest absolute Gasteiger partial charge is 0.108 e. The first-order chi connectivity index (χ1) is 7.83. The second kappa shape index (κ2) is 5.12. The molecule has 86 valence electrons. The van der Waals surface area contributed by atoms with E-state index in [1.54, 1.807) is 0 Å². The van der Waals surface area contributed by atoms with Gasteiger partial charge in [-0.3, -0.25) is 0 Å². The molecule has 2 N–H and O–H groups in total. The van der Waals surface area contributed by atoms with Crippen LogP contribution in [0, 0.1) is 0 Å². The molecule has 0 amide bonds. The third-order valence-electron chi connectivity index (χ3n) is 2.79. The summed E-state index contributed by atoms with van der Waals surface area (Å²) in [5.41, 5.74) is 3.59. The van der Waals surface area contributed by atoms with E-state index in [0.717, 1.165) is 42.8 Å². The number of benzene rings is 1. The summed E-state index contributed by atoms with van der Waals surface area (Å²) < 4.78 is 0. The highest BCUT2D eigenvalue weighted by Gasteiger charge is 2.02. The molecule has 0 bridgehead atoms. The quantitative estimate of drug-likeness (QED) is 0.754. The second-order valence-electron chi connectivity index (χ2n) is 3.99. The number of fused-ring (bicyclic) bond motifs is 1. The Morgan fingerprint density at radius 1 is 1.31 bits per heavy atom. The zero-order valence-electron chi connectivity index (χ0n) is 10.0. The van der Waals surface area contributed by atoms with Gasteiger partial charge in [0.2, 0.25) is 0 Å². The fraction of sp³-hybridized carbons (Fsp3) is 0.462. The van der Waals surface area contributed by atoms with Crippen molar-refractivity contribution in [1.82, 2.24) is 15.3 Å². The summed E-state index contributed by atoms with van der Waals surface area (Å²) in [6.45, 7) is 6.28. The number of rotatable bonds is 5. The predicted octanol–water partition coefficient (Wildman–Crippen LogP) is 2.28. The Bertz CT molecular complexity index is 459. The van der Waals surface area contributed by atoms with Gasteiger partial charge in [-0.15, -0.1) is 0 Å². The fourth-order valence-corrected chi connectivity index (χ4v) is 1.83. The minimum Gasteiger partial charge on any atom is -0.342 e. The summed E-state index contributed by atoms with van der Waals surface area (Å²) in [5, 5.41) is 3.30. The van der Waals surface area contributed by atoms with Crippen molar-refractivity contribution in [2.75, 3.05) is 13.1 Å². The molecule has 1 aromatic carbocycles. The molecule has 0 radical (unpaired) electrons. The molecule has 3 heteroatoms. The predicted molar refractivity (Wildman–Crippen MR) is 67.7 cm³/mol. The van der Waals surface area contributed by atoms with Gasteiger partial charge in [0.15, 0.2) is 0 Å². The first kappa shape index (κ1) is 11.1. The number of H-pyrrole nitrogens is 1. The summed E-state index contributed by atoms with van der Waals surface area (Å²) in [6.07, 6.45) is 2.03. The highest BCUT2D eigenvalue weighted by molar-refractivity contribution is 5.75. The van der Waals surface area contributed by atoms with Crippen LogP contribution in [0.4, 0.5) is 0 Å². The lowest BCUT2D eigenvalue weighted by Crippen LogP contribution is -2.16. The minimum absolute atomic E-state index is 0.962. The number of aryl methyl sites for hydroxylation is 1. The third kappa shape index (κ3) is 2.42. The molecule has 1 heterocycles. The number of aromatic nitrogens is 2. The zero-order valence-corrected chi connectivity index (χ0v) is 10.0. The van der Waals surface area contributed by atoms with Crippen LogP contribution in [0.25, 0.3) is 11.0 Å². The molecule has 0 saturated heterocycles. The molecule has 0 aliphatic carbocycles. The molecule has 0 saturated carbocycles. The van der Waals surface area contributed by atoms with Crippen LogP contribution in [0.3, 0.4) is 0 Å². The highest BCUT2D eigenvalue weighted by Crippen LogP contribution is 2.14. The summed E-state index contributed by atoms with van der Waals surface area (Å²) in [7, 11) is 0. The summed E-state index contributed by atoms with van der Waals surface area (Å²) in [4.78, 5) is 7.94. The molecule has 0 aliphatic heterocycles.